The van der Waals surface area contributed by atoms with Crippen molar-refractivity contribution in [1.29, 1.82) is 0 Å². The molecule has 0 aliphatic rings. The molecule has 0 fully saturated rings. The van der Waals surface area contributed by atoms with Crippen LogP contribution in [0.1, 0.15) is 21.5 Å². The number of nitrogens with zero attached hydrogens (tertiary/aromatic N) is 2. The van der Waals surface area contributed by atoms with Crippen molar-refractivity contribution in [3.63, 3.8) is 0 Å². The summed E-state index contributed by atoms with van der Waals surface area (Å²) >= 11 is 0. The number of anilines is 2. The molecule has 0 aliphatic carbocycles. The second kappa shape index (κ2) is 3.65. The van der Waals surface area contributed by atoms with Crippen LogP contribution in [0, 0.1) is 6.92 Å². The number of ketones is 1. The first-order chi connectivity index (χ1) is 7.59. The van der Waals surface area contributed by atoms with E-state index in [4.69, 9.17) is 11.5 Å². The van der Waals surface area contributed by atoms with Gasteiger partial charge in [0, 0.05) is 6.20 Å². The molecule has 0 saturated carbocycles. The molecule has 6 heteroatoms. The van der Waals surface area contributed by atoms with E-state index in [1.54, 1.807) is 12.3 Å². The van der Waals surface area contributed by atoms with Crippen LogP contribution in [-0.4, -0.2) is 21.0 Å². The third kappa shape index (κ3) is 1.60. The Labute approximate surface area is 91.7 Å². The van der Waals surface area contributed by atoms with E-state index in [1.807, 2.05) is 6.92 Å². The molecule has 0 unspecified atom stereocenters. The van der Waals surface area contributed by atoms with Crippen molar-refractivity contribution in [2.45, 2.75) is 6.92 Å². The molecule has 6 nitrogen and oxygen atoms in total. The summed E-state index contributed by atoms with van der Waals surface area (Å²) in [6.45, 7) is 1.84. The maximum atomic E-state index is 12.0. The number of H-pyrrole nitrogens is 1. The lowest BCUT2D eigenvalue weighted by Crippen LogP contribution is -2.08. The number of aryl methyl sites for hydroxylation is 1. The zero-order chi connectivity index (χ0) is 11.7. The van der Waals surface area contributed by atoms with Crippen LogP contribution < -0.4 is 11.5 Å². The summed E-state index contributed by atoms with van der Waals surface area (Å²) < 4.78 is 0. The van der Waals surface area contributed by atoms with E-state index in [-0.39, 0.29) is 17.4 Å². The molecule has 0 spiro atoms. The molecular weight excluding hydrogens is 206 g/mol. The number of nitrogen functional groups attached to an aromatic ring is 2. The Morgan fingerprint density at radius 1 is 1.31 bits per heavy atom. The largest absolute Gasteiger partial charge is 0.383 e. The smallest absolute Gasteiger partial charge is 0.202 e. The van der Waals surface area contributed by atoms with Gasteiger partial charge in [0.25, 0.3) is 0 Å². The van der Waals surface area contributed by atoms with Gasteiger partial charge in [0.1, 0.15) is 11.6 Å². The molecular formula is C10H11N5O. The van der Waals surface area contributed by atoms with Gasteiger partial charge in [-0.05, 0) is 18.6 Å². The molecule has 2 aromatic rings. The number of aromatic amines is 1. The lowest BCUT2D eigenvalue weighted by molar-refractivity contribution is 0.104. The minimum atomic E-state index is -0.278. The molecule has 0 aromatic carbocycles. The molecule has 0 bridgehead atoms. The molecule has 0 radical (unpaired) electrons. The number of carbonyl (C=O) groups excluding carboxylic acids is 1. The van der Waals surface area contributed by atoms with Gasteiger partial charge in [-0.25, -0.2) is 4.98 Å². The van der Waals surface area contributed by atoms with Gasteiger partial charge in [0.05, 0.1) is 17.3 Å². The van der Waals surface area contributed by atoms with Crippen molar-refractivity contribution in [2.75, 3.05) is 11.5 Å². The predicted octanol–water partition coefficient (Wildman–Crippen LogP) is 0.509. The van der Waals surface area contributed by atoms with E-state index in [0.717, 1.165) is 5.56 Å². The number of hydrogen-bond donors (Lipinski definition) is 3. The quantitative estimate of drug-likeness (QED) is 0.634. The van der Waals surface area contributed by atoms with Gasteiger partial charge in [-0.2, -0.15) is 5.10 Å². The van der Waals surface area contributed by atoms with Crippen LogP contribution in [0.15, 0.2) is 18.5 Å². The van der Waals surface area contributed by atoms with Crippen molar-refractivity contribution in [3.8, 4) is 0 Å². The van der Waals surface area contributed by atoms with E-state index in [9.17, 15) is 4.79 Å². The van der Waals surface area contributed by atoms with E-state index in [0.29, 0.717) is 11.1 Å². The highest BCUT2D eigenvalue weighted by atomic mass is 16.1. The van der Waals surface area contributed by atoms with Gasteiger partial charge < -0.3 is 11.5 Å². The Morgan fingerprint density at radius 2 is 2.06 bits per heavy atom. The van der Waals surface area contributed by atoms with E-state index in [1.165, 1.54) is 6.20 Å². The van der Waals surface area contributed by atoms with Gasteiger partial charge in [-0.15, -0.1) is 0 Å². The molecule has 5 N–H and O–H groups in total. The molecule has 2 heterocycles. The lowest BCUT2D eigenvalue weighted by Gasteiger charge is -2.03. The third-order valence-electron chi connectivity index (χ3n) is 2.21. The van der Waals surface area contributed by atoms with Crippen LogP contribution in [0.2, 0.25) is 0 Å². The van der Waals surface area contributed by atoms with Gasteiger partial charge in [0.2, 0.25) is 5.78 Å². The topological polar surface area (TPSA) is 111 Å². The summed E-state index contributed by atoms with van der Waals surface area (Å²) in [4.78, 5) is 16.0. The molecule has 0 aliphatic heterocycles. The van der Waals surface area contributed by atoms with Gasteiger partial charge in [-0.1, -0.05) is 0 Å². The zero-order valence-corrected chi connectivity index (χ0v) is 8.69. The number of nitrogens with one attached hydrogen (secondary N) is 1. The molecule has 0 amide bonds. The highest BCUT2D eigenvalue weighted by Gasteiger charge is 2.17. The Hall–Kier alpha value is -2.37. The van der Waals surface area contributed by atoms with Crippen LogP contribution >= 0.6 is 0 Å². The first-order valence-corrected chi connectivity index (χ1v) is 4.65. The van der Waals surface area contributed by atoms with Crippen molar-refractivity contribution < 1.29 is 4.79 Å². The molecule has 82 valence electrons. The molecule has 0 saturated heterocycles. The minimum absolute atomic E-state index is 0.191. The second-order valence-electron chi connectivity index (χ2n) is 3.47. The average molecular weight is 217 g/mol. The fraction of sp³-hybridized carbons (Fsp3) is 0.100. The van der Waals surface area contributed by atoms with Crippen LogP contribution in [0.4, 0.5) is 11.6 Å². The number of carbonyl (C=O) groups is 1. The highest BCUT2D eigenvalue weighted by molar-refractivity contribution is 6.13. The van der Waals surface area contributed by atoms with Crippen molar-refractivity contribution in [3.05, 3.63) is 35.2 Å². The summed E-state index contributed by atoms with van der Waals surface area (Å²) in [7, 11) is 0. The van der Waals surface area contributed by atoms with E-state index in [2.05, 4.69) is 15.2 Å². The summed E-state index contributed by atoms with van der Waals surface area (Å²) in [5, 5.41) is 6.19. The van der Waals surface area contributed by atoms with E-state index < -0.39 is 0 Å². The maximum absolute atomic E-state index is 12.0. The Balaban J connectivity index is 2.49. The van der Waals surface area contributed by atoms with Gasteiger partial charge >= 0.3 is 0 Å². The zero-order valence-electron chi connectivity index (χ0n) is 8.69. The monoisotopic (exact) mass is 217 g/mol. The minimum Gasteiger partial charge on any atom is -0.383 e. The standard InChI is InChI=1S/C10H11N5O/c1-5-2-6(9(11)13-3-5)8(16)7-4-14-15-10(7)12/h2-4H,1H3,(H2,11,13)(H3,12,14,15). The molecule has 2 rings (SSSR count). The molecule has 16 heavy (non-hydrogen) atoms. The van der Waals surface area contributed by atoms with Crippen molar-refractivity contribution >= 4 is 17.4 Å². The maximum Gasteiger partial charge on any atom is 0.202 e. The first-order valence-electron chi connectivity index (χ1n) is 4.65. The number of hydrogen-bond acceptors (Lipinski definition) is 5. The van der Waals surface area contributed by atoms with Crippen LogP contribution in [0.25, 0.3) is 0 Å². The average Bonchev–Trinajstić information content (AvgIpc) is 2.67. The van der Waals surface area contributed by atoms with Crippen LogP contribution in [-0.2, 0) is 0 Å². The Morgan fingerprint density at radius 3 is 2.69 bits per heavy atom. The number of rotatable bonds is 2. The van der Waals surface area contributed by atoms with Gasteiger partial charge in [-0.3, -0.25) is 9.89 Å². The molecule has 2 aromatic heterocycles. The first kappa shape index (κ1) is 10.2. The van der Waals surface area contributed by atoms with Crippen molar-refractivity contribution in [2.24, 2.45) is 0 Å². The number of aromatic nitrogens is 3. The lowest BCUT2D eigenvalue weighted by atomic mass is 10.1. The highest BCUT2D eigenvalue weighted by Crippen LogP contribution is 2.18. The fourth-order valence-corrected chi connectivity index (χ4v) is 1.38. The predicted molar refractivity (Wildman–Crippen MR) is 59.8 cm³/mol. The summed E-state index contributed by atoms with van der Waals surface area (Å²) in [5.41, 5.74) is 12.7. The summed E-state index contributed by atoms with van der Waals surface area (Å²) in [6, 6.07) is 1.68. The number of nitrogens with two attached hydrogens (primary N) is 2. The van der Waals surface area contributed by atoms with Crippen LogP contribution in [0.3, 0.4) is 0 Å². The Bertz CT molecular complexity index is 546. The fourth-order valence-electron chi connectivity index (χ4n) is 1.38. The summed E-state index contributed by atoms with van der Waals surface area (Å²) in [5.74, 6) is 0.141. The van der Waals surface area contributed by atoms with Crippen molar-refractivity contribution in [1.82, 2.24) is 15.2 Å². The third-order valence-corrected chi connectivity index (χ3v) is 2.21. The van der Waals surface area contributed by atoms with E-state index >= 15 is 0 Å². The second-order valence-corrected chi connectivity index (χ2v) is 3.47. The normalized spacial score (nSPS) is 10.3. The number of pyridine rings is 1. The molecule has 0 atom stereocenters. The Kier molecular flexibility index (Phi) is 2.32. The SMILES string of the molecule is Cc1cnc(N)c(C(=O)c2cn[nH]c2N)c1. The van der Waals surface area contributed by atoms with Crippen LogP contribution in [0.5, 0.6) is 0 Å². The van der Waals surface area contributed by atoms with Gasteiger partial charge in [0.15, 0.2) is 0 Å². The summed E-state index contributed by atoms with van der Waals surface area (Å²) in [6.07, 6.45) is 2.98.